The van der Waals surface area contributed by atoms with Gasteiger partial charge in [0.05, 0.1) is 0 Å². The van der Waals surface area contributed by atoms with Gasteiger partial charge in [-0.1, -0.05) is 43.3 Å². The molecule has 6 nitrogen and oxygen atoms in total. The second-order valence-electron chi connectivity index (χ2n) is 10.2. The van der Waals surface area contributed by atoms with Gasteiger partial charge in [0.1, 0.15) is 5.82 Å². The maximum Gasteiger partial charge on any atom is 0.437 e. The highest BCUT2D eigenvalue weighted by Crippen LogP contribution is 2.36. The van der Waals surface area contributed by atoms with E-state index in [1.165, 1.54) is 5.56 Å². The zero-order valence-electron chi connectivity index (χ0n) is 20.9. The molecule has 2 aliphatic rings. The quantitative estimate of drug-likeness (QED) is 0.370. The van der Waals surface area contributed by atoms with Gasteiger partial charge in [-0.05, 0) is 54.7 Å². The van der Waals surface area contributed by atoms with E-state index in [2.05, 4.69) is 39.1 Å². The summed E-state index contributed by atoms with van der Waals surface area (Å²) >= 11 is 0. The Kier molecular flexibility index (Phi) is 7.22. The van der Waals surface area contributed by atoms with Crippen LogP contribution in [0.2, 0.25) is 0 Å². The first kappa shape index (κ1) is 25.3. The normalized spacial score (nSPS) is 19.3. The number of carbonyl (C=O) groups excluding carboxylic acids is 1. The first-order chi connectivity index (χ1) is 17.8. The molecular weight excluding hydrogens is 481 g/mol. The molecule has 3 aromatic rings. The third-order valence-corrected chi connectivity index (χ3v) is 7.33. The molecule has 0 saturated carbocycles. The molecule has 37 heavy (non-hydrogen) atoms. The summed E-state index contributed by atoms with van der Waals surface area (Å²) in [5.41, 5.74) is 0.634. The highest BCUT2D eigenvalue weighted by atomic mass is 19.4. The minimum atomic E-state index is -4.78. The zero-order valence-corrected chi connectivity index (χ0v) is 20.9. The van der Waals surface area contributed by atoms with Crippen molar-refractivity contribution in [2.75, 3.05) is 36.0 Å². The lowest BCUT2D eigenvalue weighted by Crippen LogP contribution is -2.34. The van der Waals surface area contributed by atoms with Gasteiger partial charge in [-0.3, -0.25) is 4.79 Å². The Bertz CT molecular complexity index is 1200. The summed E-state index contributed by atoms with van der Waals surface area (Å²) in [6, 6.07) is 13.9. The average Bonchev–Trinajstić information content (AvgIpc) is 3.37. The van der Waals surface area contributed by atoms with E-state index in [0.717, 1.165) is 44.6 Å². The Morgan fingerprint density at radius 3 is 2.43 bits per heavy atom. The number of nitrogens with zero attached hydrogens (tertiary/aromatic N) is 4. The fourth-order valence-corrected chi connectivity index (χ4v) is 5.33. The molecule has 5 rings (SSSR count). The van der Waals surface area contributed by atoms with Crippen molar-refractivity contribution in [3.63, 3.8) is 0 Å². The first-order valence-corrected chi connectivity index (χ1v) is 12.9. The average molecular weight is 513 g/mol. The van der Waals surface area contributed by atoms with Crippen LogP contribution < -0.4 is 9.80 Å². The largest absolute Gasteiger partial charge is 0.437 e. The Balaban J connectivity index is 1.25. The fourth-order valence-electron chi connectivity index (χ4n) is 5.33. The SMILES string of the molecule is CC1CCCN(c2nc(C(F)(F)F)c(C(=O)Cc3ccc(N4CCC(c5ccccc5)CC4)nc3)o2)C1. The zero-order chi connectivity index (χ0) is 26.0. The topological polar surface area (TPSA) is 62.5 Å². The number of hydrogen-bond acceptors (Lipinski definition) is 6. The van der Waals surface area contributed by atoms with Gasteiger partial charge >= 0.3 is 6.18 Å². The van der Waals surface area contributed by atoms with Crippen molar-refractivity contribution >= 4 is 17.6 Å². The van der Waals surface area contributed by atoms with E-state index in [1.807, 2.05) is 19.1 Å². The van der Waals surface area contributed by atoms with Crippen molar-refractivity contribution in [1.82, 2.24) is 9.97 Å². The van der Waals surface area contributed by atoms with Crippen molar-refractivity contribution in [1.29, 1.82) is 0 Å². The lowest BCUT2D eigenvalue weighted by molar-refractivity contribution is -0.141. The van der Waals surface area contributed by atoms with E-state index in [9.17, 15) is 18.0 Å². The molecule has 196 valence electrons. The van der Waals surface area contributed by atoms with Gasteiger partial charge in [-0.25, -0.2) is 4.98 Å². The molecular formula is C28H31F3N4O2. The molecule has 2 saturated heterocycles. The van der Waals surface area contributed by atoms with Crippen LogP contribution in [-0.2, 0) is 12.6 Å². The van der Waals surface area contributed by atoms with Crippen molar-refractivity contribution in [3.05, 3.63) is 71.2 Å². The summed E-state index contributed by atoms with van der Waals surface area (Å²) in [4.78, 5) is 25.0. The highest BCUT2D eigenvalue weighted by Gasteiger charge is 2.42. The monoisotopic (exact) mass is 512 g/mol. The standard InChI is InChI=1S/C28H31F3N4O2/c1-19-6-5-13-35(18-19)27-33-26(28(29,30)31)25(37-27)23(36)16-20-9-10-24(32-17-20)34-14-11-22(12-15-34)21-7-3-2-4-8-21/h2-4,7-10,17,19,22H,5-6,11-16,18H2,1H3. The third-order valence-electron chi connectivity index (χ3n) is 7.33. The van der Waals surface area contributed by atoms with Crippen molar-refractivity contribution in [2.24, 2.45) is 5.92 Å². The summed E-state index contributed by atoms with van der Waals surface area (Å²) in [5.74, 6) is 0.168. The molecule has 0 radical (unpaired) electrons. The van der Waals surface area contributed by atoms with Gasteiger partial charge in [0, 0.05) is 38.8 Å². The van der Waals surface area contributed by atoms with E-state index in [-0.39, 0.29) is 12.4 Å². The number of Topliss-reactive ketones (excluding diaryl/α,β-unsaturated/α-hetero) is 1. The number of oxazole rings is 1. The summed E-state index contributed by atoms with van der Waals surface area (Å²) in [7, 11) is 0. The predicted octanol–water partition coefficient (Wildman–Crippen LogP) is 6.13. The Morgan fingerprint density at radius 2 is 1.78 bits per heavy atom. The number of alkyl halides is 3. The van der Waals surface area contributed by atoms with Gasteiger partial charge in [0.2, 0.25) is 11.5 Å². The van der Waals surface area contributed by atoms with Crippen LogP contribution in [0, 0.1) is 5.92 Å². The second kappa shape index (κ2) is 10.6. The van der Waals surface area contributed by atoms with Gasteiger partial charge < -0.3 is 14.2 Å². The molecule has 0 aliphatic carbocycles. The van der Waals surface area contributed by atoms with Crippen LogP contribution in [0.5, 0.6) is 0 Å². The van der Waals surface area contributed by atoms with Crippen LogP contribution in [0.3, 0.4) is 0 Å². The molecule has 4 heterocycles. The number of halogens is 3. The molecule has 9 heteroatoms. The Hall–Kier alpha value is -3.36. The van der Waals surface area contributed by atoms with Gasteiger partial charge in [0.15, 0.2) is 5.69 Å². The first-order valence-electron chi connectivity index (χ1n) is 12.9. The molecule has 0 bridgehead atoms. The van der Waals surface area contributed by atoms with E-state index in [1.54, 1.807) is 17.2 Å². The number of pyridine rings is 1. The number of benzene rings is 1. The van der Waals surface area contributed by atoms with Crippen LogP contribution in [-0.4, -0.2) is 41.9 Å². The lowest BCUT2D eigenvalue weighted by atomic mass is 9.89. The number of piperidine rings is 2. The number of anilines is 2. The highest BCUT2D eigenvalue weighted by molar-refractivity contribution is 5.96. The molecule has 2 aliphatic heterocycles. The molecule has 1 atom stereocenters. The van der Waals surface area contributed by atoms with Crippen LogP contribution >= 0.6 is 0 Å². The summed E-state index contributed by atoms with van der Waals surface area (Å²) < 4.78 is 46.5. The van der Waals surface area contributed by atoms with Crippen molar-refractivity contribution < 1.29 is 22.4 Å². The number of carbonyl (C=O) groups is 1. The van der Waals surface area contributed by atoms with Crippen LogP contribution in [0.4, 0.5) is 25.0 Å². The maximum atomic E-state index is 13.7. The molecule has 0 amide bonds. The van der Waals surface area contributed by atoms with E-state index >= 15 is 0 Å². The van der Waals surface area contributed by atoms with Gasteiger partial charge in [-0.2, -0.15) is 18.2 Å². The van der Waals surface area contributed by atoms with E-state index in [4.69, 9.17) is 4.42 Å². The molecule has 2 aromatic heterocycles. The minimum Gasteiger partial charge on any atom is -0.420 e. The fraction of sp³-hybridized carbons (Fsp3) is 0.464. The van der Waals surface area contributed by atoms with Gasteiger partial charge in [-0.15, -0.1) is 0 Å². The molecule has 1 aromatic carbocycles. The van der Waals surface area contributed by atoms with Gasteiger partial charge in [0.25, 0.3) is 6.01 Å². The number of ketones is 1. The summed E-state index contributed by atoms with van der Waals surface area (Å²) in [6.45, 7) is 4.89. The number of aromatic nitrogens is 2. The van der Waals surface area contributed by atoms with Crippen molar-refractivity contribution in [2.45, 2.75) is 51.1 Å². The molecule has 0 spiro atoms. The summed E-state index contributed by atoms with van der Waals surface area (Å²) in [6.07, 6.45) is 0.442. The number of rotatable bonds is 6. The third kappa shape index (κ3) is 5.81. The summed E-state index contributed by atoms with van der Waals surface area (Å²) in [5, 5.41) is 0. The molecule has 0 N–H and O–H groups in total. The maximum absolute atomic E-state index is 13.7. The Morgan fingerprint density at radius 1 is 1.03 bits per heavy atom. The Labute approximate surface area is 214 Å². The molecule has 2 fully saturated rings. The molecule has 1 unspecified atom stereocenters. The predicted molar refractivity (Wildman–Crippen MR) is 135 cm³/mol. The van der Waals surface area contributed by atoms with Crippen LogP contribution in [0.15, 0.2) is 53.1 Å². The smallest absolute Gasteiger partial charge is 0.420 e. The number of hydrogen-bond donors (Lipinski definition) is 0. The van der Waals surface area contributed by atoms with E-state index in [0.29, 0.717) is 30.5 Å². The van der Waals surface area contributed by atoms with E-state index < -0.39 is 23.4 Å². The van der Waals surface area contributed by atoms with Crippen molar-refractivity contribution in [3.8, 4) is 0 Å². The van der Waals surface area contributed by atoms with Crippen LogP contribution in [0.25, 0.3) is 0 Å². The second-order valence-corrected chi connectivity index (χ2v) is 10.2. The van der Waals surface area contributed by atoms with Crippen LogP contribution in [0.1, 0.15) is 65.9 Å². The minimum absolute atomic E-state index is 0.130. The lowest BCUT2D eigenvalue weighted by Gasteiger charge is -2.33.